The van der Waals surface area contributed by atoms with Gasteiger partial charge in [0.2, 0.25) is 5.91 Å². The van der Waals surface area contributed by atoms with Crippen molar-refractivity contribution in [2.75, 3.05) is 0 Å². The fourth-order valence-corrected chi connectivity index (χ4v) is 2.97. The number of nitrogens with one attached hydrogen (secondary N) is 1. The topological polar surface area (TPSA) is 50.7 Å². The third-order valence-electron chi connectivity index (χ3n) is 3.87. The molecule has 0 unspecified atom stereocenters. The van der Waals surface area contributed by atoms with Crippen LogP contribution in [0.1, 0.15) is 16.7 Å². The van der Waals surface area contributed by atoms with Crippen molar-refractivity contribution in [1.29, 1.82) is 0 Å². The molecule has 142 valence electrons. The van der Waals surface area contributed by atoms with E-state index in [1.165, 1.54) is 12.1 Å². The number of carbonyl (C=O) groups excluding carboxylic acids is 1. The Bertz CT molecular complexity index is 960. The Morgan fingerprint density at radius 1 is 1.04 bits per heavy atom. The molecule has 3 aromatic carbocycles. The monoisotopic (exact) mass is 440 g/mol. The van der Waals surface area contributed by atoms with Gasteiger partial charge in [0.1, 0.15) is 18.2 Å². The fraction of sp³-hybridized carbons (Fsp3) is 0.0909. The van der Waals surface area contributed by atoms with Crippen LogP contribution in [0.2, 0.25) is 0 Å². The highest BCUT2D eigenvalue weighted by Crippen LogP contribution is 2.26. The molecule has 1 N–H and O–H groups in total. The molecular weight excluding hydrogens is 423 g/mol. The summed E-state index contributed by atoms with van der Waals surface area (Å²) < 4.78 is 19.5. The number of hydrogen-bond donors (Lipinski definition) is 1. The number of hydrazone groups is 1. The Labute approximate surface area is 171 Å². The first-order valence-electron chi connectivity index (χ1n) is 8.63. The van der Waals surface area contributed by atoms with E-state index in [2.05, 4.69) is 26.5 Å². The third-order valence-corrected chi connectivity index (χ3v) is 4.49. The lowest BCUT2D eigenvalue weighted by Gasteiger charge is -2.08. The Hall–Kier alpha value is -2.99. The Kier molecular flexibility index (Phi) is 6.92. The van der Waals surface area contributed by atoms with Gasteiger partial charge in [-0.25, -0.2) is 9.82 Å². The van der Waals surface area contributed by atoms with Crippen molar-refractivity contribution in [3.63, 3.8) is 0 Å². The normalized spacial score (nSPS) is 10.8. The first-order valence-corrected chi connectivity index (χ1v) is 9.42. The molecule has 0 aliphatic carbocycles. The molecule has 28 heavy (non-hydrogen) atoms. The van der Waals surface area contributed by atoms with Crippen molar-refractivity contribution < 1.29 is 13.9 Å². The molecule has 0 spiro atoms. The van der Waals surface area contributed by atoms with E-state index in [1.54, 1.807) is 18.3 Å². The molecular formula is C22H18BrFN2O2. The summed E-state index contributed by atoms with van der Waals surface area (Å²) in [6.45, 7) is 0.478. The van der Waals surface area contributed by atoms with Crippen LogP contribution in [0.25, 0.3) is 0 Å². The van der Waals surface area contributed by atoms with E-state index in [9.17, 15) is 9.18 Å². The van der Waals surface area contributed by atoms with Crippen LogP contribution in [0.15, 0.2) is 82.4 Å². The zero-order chi connectivity index (χ0) is 19.8. The summed E-state index contributed by atoms with van der Waals surface area (Å²) >= 11 is 3.49. The first kappa shape index (κ1) is 19.8. The Balaban J connectivity index is 1.51. The quantitative estimate of drug-likeness (QED) is 0.421. The average molecular weight is 441 g/mol. The van der Waals surface area contributed by atoms with Crippen LogP contribution in [0, 0.1) is 5.82 Å². The number of amides is 1. The van der Waals surface area contributed by atoms with E-state index < -0.39 is 0 Å². The van der Waals surface area contributed by atoms with Gasteiger partial charge in [-0.1, -0.05) is 42.5 Å². The lowest BCUT2D eigenvalue weighted by Crippen LogP contribution is -2.19. The standard InChI is InChI=1S/C22H18BrFN2O2/c23-20-12-18(8-11-21(20)28-15-17-4-2-1-3-5-17)14-25-26-22(27)13-16-6-9-19(24)10-7-16/h1-12,14H,13,15H2,(H,26,27)/b25-14+. The van der Waals surface area contributed by atoms with Gasteiger partial charge in [0.05, 0.1) is 17.1 Å². The molecule has 0 atom stereocenters. The molecule has 0 fully saturated rings. The highest BCUT2D eigenvalue weighted by atomic mass is 79.9. The lowest BCUT2D eigenvalue weighted by molar-refractivity contribution is -0.120. The van der Waals surface area contributed by atoms with Gasteiger partial charge in [-0.3, -0.25) is 4.79 Å². The molecule has 1 amide bonds. The fourth-order valence-electron chi connectivity index (χ4n) is 2.46. The maximum Gasteiger partial charge on any atom is 0.244 e. The van der Waals surface area contributed by atoms with Crippen molar-refractivity contribution >= 4 is 28.1 Å². The van der Waals surface area contributed by atoms with Crippen LogP contribution in [0.5, 0.6) is 5.75 Å². The molecule has 0 radical (unpaired) electrons. The molecule has 0 bridgehead atoms. The lowest BCUT2D eigenvalue weighted by atomic mass is 10.1. The number of ether oxygens (including phenoxy) is 1. The van der Waals surface area contributed by atoms with Gasteiger partial charge in [-0.15, -0.1) is 0 Å². The highest BCUT2D eigenvalue weighted by molar-refractivity contribution is 9.10. The molecule has 0 heterocycles. The maximum absolute atomic E-state index is 12.9. The summed E-state index contributed by atoms with van der Waals surface area (Å²) in [5, 5.41) is 3.96. The second kappa shape index (κ2) is 9.80. The van der Waals surface area contributed by atoms with E-state index in [-0.39, 0.29) is 18.1 Å². The molecule has 0 aromatic heterocycles. The van der Waals surface area contributed by atoms with Crippen LogP contribution in [0.4, 0.5) is 4.39 Å². The van der Waals surface area contributed by atoms with Gasteiger partial charge in [0.15, 0.2) is 0 Å². The molecule has 4 nitrogen and oxygen atoms in total. The predicted molar refractivity (Wildman–Crippen MR) is 111 cm³/mol. The molecule has 3 rings (SSSR count). The van der Waals surface area contributed by atoms with Crippen molar-refractivity contribution in [2.24, 2.45) is 5.10 Å². The van der Waals surface area contributed by atoms with Crippen LogP contribution in [0.3, 0.4) is 0 Å². The van der Waals surface area contributed by atoms with Gasteiger partial charge in [-0.2, -0.15) is 5.10 Å². The highest BCUT2D eigenvalue weighted by Gasteiger charge is 2.04. The van der Waals surface area contributed by atoms with Gasteiger partial charge < -0.3 is 4.74 Å². The minimum Gasteiger partial charge on any atom is -0.488 e. The van der Waals surface area contributed by atoms with Crippen LogP contribution in [-0.4, -0.2) is 12.1 Å². The summed E-state index contributed by atoms with van der Waals surface area (Å²) in [5.41, 5.74) is 5.08. The number of rotatable bonds is 7. The zero-order valence-corrected chi connectivity index (χ0v) is 16.5. The molecule has 3 aromatic rings. The summed E-state index contributed by atoms with van der Waals surface area (Å²) in [6, 6.07) is 21.3. The van der Waals surface area contributed by atoms with Gasteiger partial charge in [0, 0.05) is 0 Å². The smallest absolute Gasteiger partial charge is 0.244 e. The summed E-state index contributed by atoms with van der Waals surface area (Å²) in [5.74, 6) is 0.120. The Morgan fingerprint density at radius 3 is 2.50 bits per heavy atom. The van der Waals surface area contributed by atoms with Crippen LogP contribution in [-0.2, 0) is 17.8 Å². The van der Waals surface area contributed by atoms with Crippen LogP contribution >= 0.6 is 15.9 Å². The van der Waals surface area contributed by atoms with Crippen molar-refractivity contribution in [1.82, 2.24) is 5.43 Å². The Morgan fingerprint density at radius 2 is 1.79 bits per heavy atom. The molecule has 6 heteroatoms. The maximum atomic E-state index is 12.9. The number of carbonyl (C=O) groups is 1. The summed E-state index contributed by atoms with van der Waals surface area (Å²) in [7, 11) is 0. The molecule has 0 aliphatic heterocycles. The van der Waals surface area contributed by atoms with Crippen molar-refractivity contribution in [3.05, 3.63) is 99.8 Å². The molecule has 0 aliphatic rings. The van der Waals surface area contributed by atoms with Gasteiger partial charge in [-0.05, 0) is 63.0 Å². The second-order valence-electron chi connectivity index (χ2n) is 6.06. The van der Waals surface area contributed by atoms with Gasteiger partial charge >= 0.3 is 0 Å². The number of hydrogen-bond acceptors (Lipinski definition) is 3. The summed E-state index contributed by atoms with van der Waals surface area (Å²) in [6.07, 6.45) is 1.68. The minimum atomic E-state index is -0.330. The number of halogens is 2. The van der Waals surface area contributed by atoms with Crippen molar-refractivity contribution in [3.8, 4) is 5.75 Å². The largest absolute Gasteiger partial charge is 0.488 e. The van der Waals surface area contributed by atoms with Crippen molar-refractivity contribution in [2.45, 2.75) is 13.0 Å². The first-order chi connectivity index (χ1) is 13.6. The molecule has 0 saturated carbocycles. The van der Waals surface area contributed by atoms with E-state index in [0.29, 0.717) is 6.61 Å². The number of benzene rings is 3. The second-order valence-corrected chi connectivity index (χ2v) is 6.91. The molecule has 0 saturated heterocycles. The number of nitrogens with zero attached hydrogens (tertiary/aromatic N) is 1. The SMILES string of the molecule is O=C(Cc1ccc(F)cc1)N/N=C/c1ccc(OCc2ccccc2)c(Br)c1. The van der Waals surface area contributed by atoms with Crippen LogP contribution < -0.4 is 10.2 Å². The van der Waals surface area contributed by atoms with E-state index in [0.717, 1.165) is 26.9 Å². The predicted octanol–water partition coefficient (Wildman–Crippen LogP) is 4.86. The zero-order valence-electron chi connectivity index (χ0n) is 14.9. The van der Waals surface area contributed by atoms with E-state index in [4.69, 9.17) is 4.74 Å². The summed E-state index contributed by atoms with van der Waals surface area (Å²) in [4.78, 5) is 11.9. The van der Waals surface area contributed by atoms with Gasteiger partial charge in [0.25, 0.3) is 0 Å². The average Bonchev–Trinajstić information content (AvgIpc) is 2.70. The third kappa shape index (κ3) is 6.03. The minimum absolute atomic E-state index is 0.133. The van der Waals surface area contributed by atoms with E-state index in [1.807, 2.05) is 48.5 Å². The van der Waals surface area contributed by atoms with E-state index >= 15 is 0 Å².